The predicted octanol–water partition coefficient (Wildman–Crippen LogP) is 2.62. The smallest absolute Gasteiger partial charge is 0.311 e. The van der Waals surface area contributed by atoms with Crippen LogP contribution in [0, 0.1) is 6.92 Å². The van der Waals surface area contributed by atoms with Gasteiger partial charge < -0.3 is 19.9 Å². The first-order valence-corrected chi connectivity index (χ1v) is 7.95. The van der Waals surface area contributed by atoms with Crippen LogP contribution in [-0.2, 0) is 9.59 Å². The molecule has 2 rings (SSSR count). The van der Waals surface area contributed by atoms with Crippen LogP contribution in [0.2, 0.25) is 0 Å². The Morgan fingerprint density at radius 3 is 2.32 bits per heavy atom. The van der Waals surface area contributed by atoms with Gasteiger partial charge in [0.1, 0.15) is 17.2 Å². The van der Waals surface area contributed by atoms with Crippen molar-refractivity contribution in [3.05, 3.63) is 54.1 Å². The van der Waals surface area contributed by atoms with Gasteiger partial charge in [-0.2, -0.15) is 0 Å². The maximum Gasteiger partial charge on any atom is 0.311 e. The van der Waals surface area contributed by atoms with Crippen LogP contribution in [0.3, 0.4) is 0 Å². The first-order chi connectivity index (χ1) is 12.0. The molecular weight excluding hydrogens is 322 g/mol. The number of hydrogen-bond donors (Lipinski definition) is 1. The van der Waals surface area contributed by atoms with E-state index in [9.17, 15) is 9.59 Å². The lowest BCUT2D eigenvalue weighted by atomic mass is 10.2. The van der Waals surface area contributed by atoms with Gasteiger partial charge in [0.15, 0.2) is 6.61 Å². The molecule has 0 saturated carbocycles. The number of nitrogens with two attached hydrogens (primary N) is 1. The quantitative estimate of drug-likeness (QED) is 0.429. The zero-order chi connectivity index (χ0) is 18.1. The summed E-state index contributed by atoms with van der Waals surface area (Å²) in [6.07, 6.45) is 0.818. The van der Waals surface area contributed by atoms with E-state index in [-0.39, 0.29) is 19.0 Å². The van der Waals surface area contributed by atoms with Gasteiger partial charge in [-0.25, -0.2) is 0 Å². The van der Waals surface area contributed by atoms with Crippen LogP contribution in [-0.4, -0.2) is 25.1 Å². The second-order valence-corrected chi connectivity index (χ2v) is 5.42. The molecule has 0 aliphatic carbocycles. The lowest BCUT2D eigenvalue weighted by Gasteiger charge is -2.09. The molecule has 0 heterocycles. The van der Waals surface area contributed by atoms with Crippen molar-refractivity contribution in [2.45, 2.75) is 19.8 Å². The molecule has 2 N–H and O–H groups in total. The number of amides is 1. The SMILES string of the molecule is Cc1ccccc1OCCCC(=O)Oc1ccc(OCC(N)=O)cc1. The number of para-hydroxylation sites is 1. The fourth-order valence-electron chi connectivity index (χ4n) is 2.06. The molecule has 0 fully saturated rings. The Labute approximate surface area is 146 Å². The summed E-state index contributed by atoms with van der Waals surface area (Å²) in [5.74, 6) is 0.825. The summed E-state index contributed by atoms with van der Waals surface area (Å²) < 4.78 is 16.0. The molecule has 0 radical (unpaired) electrons. The molecule has 0 aliphatic heterocycles. The highest BCUT2D eigenvalue weighted by atomic mass is 16.5. The van der Waals surface area contributed by atoms with Crippen molar-refractivity contribution >= 4 is 11.9 Å². The summed E-state index contributed by atoms with van der Waals surface area (Å²) in [7, 11) is 0. The summed E-state index contributed by atoms with van der Waals surface area (Å²) in [6, 6.07) is 14.1. The highest BCUT2D eigenvalue weighted by molar-refractivity contribution is 5.75. The minimum absolute atomic E-state index is 0.194. The molecule has 0 unspecified atom stereocenters. The van der Waals surface area contributed by atoms with Crippen molar-refractivity contribution in [3.8, 4) is 17.2 Å². The third kappa shape index (κ3) is 6.55. The van der Waals surface area contributed by atoms with Crippen LogP contribution in [0.1, 0.15) is 18.4 Å². The van der Waals surface area contributed by atoms with Gasteiger partial charge in [0.05, 0.1) is 6.61 Å². The second-order valence-electron chi connectivity index (χ2n) is 5.42. The van der Waals surface area contributed by atoms with Crippen molar-refractivity contribution in [1.29, 1.82) is 0 Å². The molecular formula is C19H21NO5. The van der Waals surface area contributed by atoms with E-state index in [0.29, 0.717) is 24.5 Å². The summed E-state index contributed by atoms with van der Waals surface area (Å²) in [5.41, 5.74) is 6.05. The van der Waals surface area contributed by atoms with Crippen LogP contribution in [0.5, 0.6) is 17.2 Å². The molecule has 0 spiro atoms. The van der Waals surface area contributed by atoms with E-state index >= 15 is 0 Å². The lowest BCUT2D eigenvalue weighted by Crippen LogP contribution is -2.19. The number of benzene rings is 2. The first-order valence-electron chi connectivity index (χ1n) is 7.95. The van der Waals surface area contributed by atoms with Crippen molar-refractivity contribution in [2.75, 3.05) is 13.2 Å². The zero-order valence-corrected chi connectivity index (χ0v) is 14.1. The van der Waals surface area contributed by atoms with Crippen molar-refractivity contribution in [3.63, 3.8) is 0 Å². The number of primary amides is 1. The highest BCUT2D eigenvalue weighted by Crippen LogP contribution is 2.19. The predicted molar refractivity (Wildman–Crippen MR) is 92.7 cm³/mol. The molecule has 0 aliphatic rings. The molecule has 0 bridgehead atoms. The number of aryl methyl sites for hydroxylation is 1. The number of carbonyl (C=O) groups is 2. The number of hydrogen-bond acceptors (Lipinski definition) is 5. The maximum atomic E-state index is 11.8. The second kappa shape index (κ2) is 9.32. The summed E-state index contributed by atoms with van der Waals surface area (Å²) in [5, 5.41) is 0. The normalized spacial score (nSPS) is 10.1. The van der Waals surface area contributed by atoms with Gasteiger partial charge in [-0.1, -0.05) is 18.2 Å². The number of carbonyl (C=O) groups excluding carboxylic acids is 2. The number of rotatable bonds is 9. The largest absolute Gasteiger partial charge is 0.493 e. The third-order valence-corrected chi connectivity index (χ3v) is 3.31. The van der Waals surface area contributed by atoms with E-state index in [0.717, 1.165) is 11.3 Å². The van der Waals surface area contributed by atoms with E-state index in [2.05, 4.69) is 0 Å². The Bertz CT molecular complexity index is 712. The summed E-state index contributed by atoms with van der Waals surface area (Å²) in [4.78, 5) is 22.5. The molecule has 0 aromatic heterocycles. The zero-order valence-electron chi connectivity index (χ0n) is 14.1. The van der Waals surface area contributed by atoms with E-state index in [1.165, 1.54) is 0 Å². The molecule has 132 valence electrons. The molecule has 0 saturated heterocycles. The molecule has 1 amide bonds. The van der Waals surface area contributed by atoms with Crippen molar-refractivity contribution in [1.82, 2.24) is 0 Å². The van der Waals surface area contributed by atoms with Gasteiger partial charge in [-0.05, 0) is 49.2 Å². The van der Waals surface area contributed by atoms with Crippen LogP contribution in [0.4, 0.5) is 0 Å². The van der Waals surface area contributed by atoms with Gasteiger partial charge in [0.25, 0.3) is 5.91 Å². The fourth-order valence-corrected chi connectivity index (χ4v) is 2.06. The Morgan fingerprint density at radius 2 is 1.64 bits per heavy atom. The van der Waals surface area contributed by atoms with Crippen molar-refractivity contribution < 1.29 is 23.8 Å². The fraction of sp³-hybridized carbons (Fsp3) is 0.263. The van der Waals surface area contributed by atoms with Crippen molar-refractivity contribution in [2.24, 2.45) is 5.73 Å². The topological polar surface area (TPSA) is 87.8 Å². The van der Waals surface area contributed by atoms with Gasteiger partial charge in [-0.3, -0.25) is 9.59 Å². The van der Waals surface area contributed by atoms with Crippen LogP contribution in [0.15, 0.2) is 48.5 Å². The number of esters is 1. The van der Waals surface area contributed by atoms with Gasteiger partial charge >= 0.3 is 5.97 Å². The highest BCUT2D eigenvalue weighted by Gasteiger charge is 2.06. The Hall–Kier alpha value is -3.02. The first kappa shape index (κ1) is 18.3. The average molecular weight is 343 g/mol. The van der Waals surface area contributed by atoms with E-state index < -0.39 is 5.91 Å². The van der Waals surface area contributed by atoms with Gasteiger partial charge in [0.2, 0.25) is 0 Å². The van der Waals surface area contributed by atoms with Crippen LogP contribution in [0.25, 0.3) is 0 Å². The Morgan fingerprint density at radius 1 is 0.960 bits per heavy atom. The molecule has 0 atom stereocenters. The molecule has 25 heavy (non-hydrogen) atoms. The molecule has 6 heteroatoms. The maximum absolute atomic E-state index is 11.8. The van der Waals surface area contributed by atoms with Crippen LogP contribution < -0.4 is 19.9 Å². The summed E-state index contributed by atoms with van der Waals surface area (Å²) >= 11 is 0. The van der Waals surface area contributed by atoms with E-state index in [4.69, 9.17) is 19.9 Å². The van der Waals surface area contributed by atoms with E-state index in [1.54, 1.807) is 24.3 Å². The standard InChI is InChI=1S/C19H21NO5/c1-14-5-2-3-6-17(14)23-12-4-7-19(22)25-16-10-8-15(9-11-16)24-13-18(20)21/h2-3,5-6,8-11H,4,7,12-13H2,1H3,(H2,20,21). The van der Waals surface area contributed by atoms with Gasteiger partial charge in [-0.15, -0.1) is 0 Å². The molecule has 6 nitrogen and oxygen atoms in total. The third-order valence-electron chi connectivity index (χ3n) is 3.31. The molecule has 2 aromatic rings. The van der Waals surface area contributed by atoms with Crippen LogP contribution >= 0.6 is 0 Å². The minimum Gasteiger partial charge on any atom is -0.493 e. The minimum atomic E-state index is -0.552. The van der Waals surface area contributed by atoms with E-state index in [1.807, 2.05) is 31.2 Å². The van der Waals surface area contributed by atoms with Gasteiger partial charge in [0, 0.05) is 6.42 Å². The Balaban J connectivity index is 1.69. The monoisotopic (exact) mass is 343 g/mol. The average Bonchev–Trinajstić information content (AvgIpc) is 2.59. The number of ether oxygens (including phenoxy) is 3. The molecule has 2 aromatic carbocycles. The lowest BCUT2D eigenvalue weighted by molar-refractivity contribution is -0.134. The summed E-state index contributed by atoms with van der Waals surface area (Å²) in [6.45, 7) is 2.22. The Kier molecular flexibility index (Phi) is 6.83.